The Labute approximate surface area is 167 Å². The van der Waals surface area contributed by atoms with Crippen molar-refractivity contribution in [2.45, 2.75) is 31.8 Å². The van der Waals surface area contributed by atoms with Crippen LogP contribution in [0.3, 0.4) is 0 Å². The zero-order chi connectivity index (χ0) is 17.0. The summed E-state index contributed by atoms with van der Waals surface area (Å²) in [5.41, 5.74) is 7.03. The number of nitrogens with zero attached hydrogens (tertiary/aromatic N) is 2. The number of hydrogen-bond donors (Lipinski definition) is 2. The van der Waals surface area contributed by atoms with Gasteiger partial charge in [-0.25, -0.2) is 4.98 Å². The molecule has 1 aliphatic heterocycles. The predicted octanol–water partition coefficient (Wildman–Crippen LogP) is 3.02. The summed E-state index contributed by atoms with van der Waals surface area (Å²) in [6.07, 6.45) is 4.23. The second-order valence-electron chi connectivity index (χ2n) is 6.47. The Morgan fingerprint density at radius 2 is 1.85 bits per heavy atom. The first-order valence-electron chi connectivity index (χ1n) is 8.40. The van der Waals surface area contributed by atoms with Gasteiger partial charge in [0.2, 0.25) is 5.91 Å². The van der Waals surface area contributed by atoms with Crippen molar-refractivity contribution in [1.29, 1.82) is 0 Å². The lowest BCUT2D eigenvalue weighted by Crippen LogP contribution is -2.48. The van der Waals surface area contributed by atoms with Gasteiger partial charge in [0.25, 0.3) is 0 Å². The van der Waals surface area contributed by atoms with E-state index in [0.29, 0.717) is 6.54 Å². The molecule has 1 fully saturated rings. The summed E-state index contributed by atoms with van der Waals surface area (Å²) in [4.78, 5) is 19.2. The standard InChI is InChI=1S/C19H24N4O.2ClH/c1-19(20,16-7-3-2-4-8-16)18(24)22-14-15-9-10-21-17(13-15)23-11-5-6-12-23;;/h2-4,7-10,13H,5-6,11-12,14,20H2,1H3,(H,22,24);2*1H. The zero-order valence-corrected chi connectivity index (χ0v) is 16.5. The van der Waals surface area contributed by atoms with Gasteiger partial charge < -0.3 is 16.0 Å². The number of pyridine rings is 1. The van der Waals surface area contributed by atoms with Crippen molar-refractivity contribution in [3.8, 4) is 0 Å². The van der Waals surface area contributed by atoms with Gasteiger partial charge in [0.1, 0.15) is 11.4 Å². The molecule has 0 spiro atoms. The monoisotopic (exact) mass is 396 g/mol. The van der Waals surface area contributed by atoms with Crippen LogP contribution in [0.25, 0.3) is 0 Å². The number of carbonyl (C=O) groups is 1. The number of nitrogens with two attached hydrogens (primary N) is 1. The maximum Gasteiger partial charge on any atom is 0.244 e. The molecule has 1 amide bonds. The molecular formula is C19H26Cl2N4O. The fourth-order valence-corrected chi connectivity index (χ4v) is 2.97. The van der Waals surface area contributed by atoms with E-state index in [1.807, 2.05) is 42.5 Å². The third-order valence-electron chi connectivity index (χ3n) is 4.54. The molecule has 1 saturated heterocycles. The maximum atomic E-state index is 12.5. The van der Waals surface area contributed by atoms with Crippen molar-refractivity contribution >= 4 is 36.5 Å². The molecule has 1 aromatic carbocycles. The van der Waals surface area contributed by atoms with Crippen molar-refractivity contribution in [2.75, 3.05) is 18.0 Å². The maximum absolute atomic E-state index is 12.5. The van der Waals surface area contributed by atoms with Crippen LogP contribution < -0.4 is 16.0 Å². The van der Waals surface area contributed by atoms with E-state index in [1.54, 1.807) is 13.1 Å². The Morgan fingerprint density at radius 3 is 2.50 bits per heavy atom. The van der Waals surface area contributed by atoms with E-state index in [2.05, 4.69) is 15.2 Å². The summed E-state index contributed by atoms with van der Waals surface area (Å²) in [5, 5.41) is 2.95. The van der Waals surface area contributed by atoms with Gasteiger partial charge in [-0.05, 0) is 43.0 Å². The van der Waals surface area contributed by atoms with E-state index in [1.165, 1.54) is 12.8 Å². The molecule has 1 aromatic heterocycles. The molecular weight excluding hydrogens is 371 g/mol. The molecule has 7 heteroatoms. The van der Waals surface area contributed by atoms with Crippen LogP contribution in [0, 0.1) is 0 Å². The van der Waals surface area contributed by atoms with E-state index in [9.17, 15) is 4.79 Å². The number of amides is 1. The summed E-state index contributed by atoms with van der Waals surface area (Å²) < 4.78 is 0. The first-order chi connectivity index (χ1) is 11.6. The highest BCUT2D eigenvalue weighted by Crippen LogP contribution is 2.20. The highest BCUT2D eigenvalue weighted by Gasteiger charge is 2.30. The largest absolute Gasteiger partial charge is 0.357 e. The lowest BCUT2D eigenvalue weighted by molar-refractivity contribution is -0.126. The predicted molar refractivity (Wildman–Crippen MR) is 110 cm³/mol. The fraction of sp³-hybridized carbons (Fsp3) is 0.368. The lowest BCUT2D eigenvalue weighted by atomic mass is 9.92. The van der Waals surface area contributed by atoms with Gasteiger partial charge in [-0.2, -0.15) is 0 Å². The molecule has 26 heavy (non-hydrogen) atoms. The van der Waals surface area contributed by atoms with Gasteiger partial charge >= 0.3 is 0 Å². The summed E-state index contributed by atoms with van der Waals surface area (Å²) in [5.74, 6) is 0.797. The normalized spacial score (nSPS) is 15.4. The van der Waals surface area contributed by atoms with E-state index in [0.717, 1.165) is 30.0 Å². The van der Waals surface area contributed by atoms with Crippen LogP contribution in [0.4, 0.5) is 5.82 Å². The van der Waals surface area contributed by atoms with Crippen LogP contribution in [0.5, 0.6) is 0 Å². The molecule has 1 aliphatic rings. The van der Waals surface area contributed by atoms with Crippen LogP contribution in [-0.2, 0) is 16.9 Å². The minimum Gasteiger partial charge on any atom is -0.357 e. The van der Waals surface area contributed by atoms with Crippen LogP contribution >= 0.6 is 24.8 Å². The highest BCUT2D eigenvalue weighted by atomic mass is 35.5. The summed E-state index contributed by atoms with van der Waals surface area (Å²) in [6.45, 7) is 4.29. The molecule has 0 radical (unpaired) electrons. The van der Waals surface area contributed by atoms with Gasteiger partial charge in [0.05, 0.1) is 0 Å². The van der Waals surface area contributed by atoms with Crippen molar-refractivity contribution < 1.29 is 4.79 Å². The van der Waals surface area contributed by atoms with Crippen LogP contribution in [0.15, 0.2) is 48.7 Å². The van der Waals surface area contributed by atoms with Gasteiger partial charge in [-0.3, -0.25) is 4.79 Å². The SMILES string of the molecule is CC(N)(C(=O)NCc1ccnc(N2CCCC2)c1)c1ccccc1.Cl.Cl. The van der Waals surface area contributed by atoms with E-state index in [4.69, 9.17) is 5.73 Å². The number of carbonyl (C=O) groups excluding carboxylic acids is 1. The molecule has 0 saturated carbocycles. The topological polar surface area (TPSA) is 71.2 Å². The van der Waals surface area contributed by atoms with E-state index < -0.39 is 5.54 Å². The molecule has 0 aliphatic carbocycles. The average Bonchev–Trinajstić information content (AvgIpc) is 3.15. The molecule has 2 aromatic rings. The molecule has 1 atom stereocenters. The number of hydrogen-bond acceptors (Lipinski definition) is 4. The van der Waals surface area contributed by atoms with Crippen molar-refractivity contribution in [3.05, 3.63) is 59.8 Å². The van der Waals surface area contributed by atoms with Gasteiger partial charge in [-0.15, -0.1) is 24.8 Å². The molecule has 3 rings (SSSR count). The molecule has 0 bridgehead atoms. The van der Waals surface area contributed by atoms with Crippen molar-refractivity contribution in [3.63, 3.8) is 0 Å². The zero-order valence-electron chi connectivity index (χ0n) is 14.9. The lowest BCUT2D eigenvalue weighted by Gasteiger charge is -2.24. The van der Waals surface area contributed by atoms with Gasteiger partial charge in [0, 0.05) is 25.8 Å². The number of benzene rings is 1. The molecule has 1 unspecified atom stereocenters. The van der Waals surface area contributed by atoms with E-state index >= 15 is 0 Å². The minimum absolute atomic E-state index is 0. The smallest absolute Gasteiger partial charge is 0.244 e. The molecule has 142 valence electrons. The Balaban J connectivity index is 0.00000169. The summed E-state index contributed by atoms with van der Waals surface area (Å²) in [7, 11) is 0. The van der Waals surface area contributed by atoms with Crippen LogP contribution in [0.2, 0.25) is 0 Å². The second-order valence-corrected chi connectivity index (χ2v) is 6.47. The highest BCUT2D eigenvalue weighted by molar-refractivity contribution is 5.87. The minimum atomic E-state index is -1.05. The Kier molecular flexibility index (Phi) is 8.34. The second kappa shape index (κ2) is 9.76. The van der Waals surface area contributed by atoms with Crippen molar-refractivity contribution in [1.82, 2.24) is 10.3 Å². The first kappa shape index (κ1) is 22.2. The molecule has 3 N–H and O–H groups in total. The van der Waals surface area contributed by atoms with E-state index in [-0.39, 0.29) is 30.7 Å². The fourth-order valence-electron chi connectivity index (χ4n) is 2.97. The van der Waals surface area contributed by atoms with Crippen LogP contribution in [-0.4, -0.2) is 24.0 Å². The van der Waals surface area contributed by atoms with Gasteiger partial charge in [-0.1, -0.05) is 30.3 Å². The number of anilines is 1. The van der Waals surface area contributed by atoms with Crippen molar-refractivity contribution in [2.24, 2.45) is 5.73 Å². The number of halogens is 2. The van der Waals surface area contributed by atoms with Crippen LogP contribution in [0.1, 0.15) is 30.9 Å². The van der Waals surface area contributed by atoms with Gasteiger partial charge in [0.15, 0.2) is 0 Å². The first-order valence-corrected chi connectivity index (χ1v) is 8.40. The quantitative estimate of drug-likeness (QED) is 0.814. The Hall–Kier alpha value is -1.82. The number of rotatable bonds is 5. The third kappa shape index (κ3) is 5.10. The third-order valence-corrected chi connectivity index (χ3v) is 4.54. The summed E-state index contributed by atoms with van der Waals surface area (Å²) in [6, 6.07) is 13.4. The Bertz CT molecular complexity index is 704. The molecule has 2 heterocycles. The average molecular weight is 397 g/mol. The Morgan fingerprint density at radius 1 is 1.19 bits per heavy atom. The molecule has 5 nitrogen and oxygen atoms in total. The number of aromatic nitrogens is 1. The number of nitrogens with one attached hydrogen (secondary N) is 1. The summed E-state index contributed by atoms with van der Waals surface area (Å²) >= 11 is 0.